The van der Waals surface area contributed by atoms with Crippen LogP contribution in [0.25, 0.3) is 6.08 Å². The molecule has 172 valence electrons. The van der Waals surface area contributed by atoms with Crippen LogP contribution in [0.1, 0.15) is 11.1 Å². The Kier molecular flexibility index (Phi) is 7.30. The number of hydrogen-bond donors (Lipinski definition) is 1. The van der Waals surface area contributed by atoms with E-state index in [-0.39, 0.29) is 23.8 Å². The van der Waals surface area contributed by atoms with Gasteiger partial charge in [-0.15, -0.1) is 5.11 Å². The maximum atomic E-state index is 12.8. The summed E-state index contributed by atoms with van der Waals surface area (Å²) in [5, 5.41) is 18.6. The topological polar surface area (TPSA) is 91.6 Å². The molecule has 4 rings (SSSR count). The van der Waals surface area contributed by atoms with Crippen molar-refractivity contribution in [3.05, 3.63) is 87.8 Å². The quantitative estimate of drug-likeness (QED) is 0.286. The zero-order valence-corrected chi connectivity index (χ0v) is 19.7. The predicted molar refractivity (Wildman–Crippen MR) is 133 cm³/mol. The van der Waals surface area contributed by atoms with Gasteiger partial charge in [-0.05, 0) is 67.2 Å². The highest BCUT2D eigenvalue weighted by Crippen LogP contribution is 2.35. The summed E-state index contributed by atoms with van der Waals surface area (Å²) in [6.45, 7) is 2.27. The minimum absolute atomic E-state index is 0.0498. The molecule has 34 heavy (non-hydrogen) atoms. The molecule has 1 fully saturated rings. The van der Waals surface area contributed by atoms with Crippen molar-refractivity contribution in [3.63, 3.8) is 0 Å². The monoisotopic (exact) mass is 493 g/mol. The molecule has 7 nitrogen and oxygen atoms in total. The van der Waals surface area contributed by atoms with Gasteiger partial charge in [0.05, 0.1) is 22.2 Å². The zero-order valence-electron chi connectivity index (χ0n) is 18.1. The van der Waals surface area contributed by atoms with E-state index in [1.807, 2.05) is 31.2 Å². The maximum absolute atomic E-state index is 12.8. The number of hydrogen-bond acceptors (Lipinski definition) is 7. The van der Waals surface area contributed by atoms with Gasteiger partial charge in [0.15, 0.2) is 0 Å². The number of benzene rings is 3. The van der Waals surface area contributed by atoms with Gasteiger partial charge in [-0.3, -0.25) is 14.5 Å². The number of phenols is 1. The third kappa shape index (κ3) is 5.65. The highest BCUT2D eigenvalue weighted by molar-refractivity contribution is 8.18. The third-order valence-electron chi connectivity index (χ3n) is 4.90. The van der Waals surface area contributed by atoms with Crippen molar-refractivity contribution in [1.29, 1.82) is 0 Å². The van der Waals surface area contributed by atoms with Crippen LogP contribution in [0.3, 0.4) is 0 Å². The number of imide groups is 1. The van der Waals surface area contributed by atoms with Crippen molar-refractivity contribution in [2.75, 3.05) is 13.2 Å². The van der Waals surface area contributed by atoms with E-state index in [1.165, 1.54) is 12.1 Å². The Balaban J connectivity index is 1.45. The van der Waals surface area contributed by atoms with Crippen molar-refractivity contribution in [2.24, 2.45) is 10.2 Å². The maximum Gasteiger partial charge on any atom is 0.293 e. The van der Waals surface area contributed by atoms with E-state index in [4.69, 9.17) is 16.3 Å². The van der Waals surface area contributed by atoms with Crippen molar-refractivity contribution >= 4 is 52.0 Å². The van der Waals surface area contributed by atoms with E-state index in [2.05, 4.69) is 10.2 Å². The summed E-state index contributed by atoms with van der Waals surface area (Å²) in [5.74, 6) is 0.178. The fourth-order valence-corrected chi connectivity index (χ4v) is 4.12. The van der Waals surface area contributed by atoms with Crippen molar-refractivity contribution in [2.45, 2.75) is 6.92 Å². The van der Waals surface area contributed by atoms with Crippen LogP contribution < -0.4 is 4.74 Å². The molecule has 9 heteroatoms. The van der Waals surface area contributed by atoms with Crippen LogP contribution in [0.5, 0.6) is 11.5 Å². The first kappa shape index (κ1) is 23.5. The molecule has 3 aromatic carbocycles. The van der Waals surface area contributed by atoms with Gasteiger partial charge in [0.25, 0.3) is 11.1 Å². The number of carbonyl (C=O) groups excluding carboxylic acids is 2. The first-order valence-corrected chi connectivity index (χ1v) is 11.5. The molecule has 2 amide bonds. The number of phenolic OH excluding ortho intramolecular Hbond substituents is 1. The van der Waals surface area contributed by atoms with Crippen LogP contribution in [-0.2, 0) is 4.79 Å². The van der Waals surface area contributed by atoms with E-state index in [0.717, 1.165) is 22.2 Å². The number of azo groups is 1. The fourth-order valence-electron chi connectivity index (χ4n) is 3.09. The van der Waals surface area contributed by atoms with Gasteiger partial charge in [-0.1, -0.05) is 41.4 Å². The second-order valence-corrected chi connectivity index (χ2v) is 8.79. The van der Waals surface area contributed by atoms with E-state index in [9.17, 15) is 14.7 Å². The largest absolute Gasteiger partial charge is 0.507 e. The molecule has 0 spiro atoms. The van der Waals surface area contributed by atoms with Gasteiger partial charge >= 0.3 is 0 Å². The van der Waals surface area contributed by atoms with Crippen LogP contribution in [0.2, 0.25) is 5.02 Å². The number of carbonyl (C=O) groups is 2. The number of thioether (sulfide) groups is 1. The van der Waals surface area contributed by atoms with Gasteiger partial charge in [-0.25, -0.2) is 0 Å². The molecule has 0 aromatic heterocycles. The zero-order chi connectivity index (χ0) is 24.1. The SMILES string of the molecule is Cc1ccc(OCCN2C(=O)S/C(=C\c3cc(N=Nc4ccccc4Cl)ccc3O)C2=O)cc1. The summed E-state index contributed by atoms with van der Waals surface area (Å²) in [4.78, 5) is 26.5. The molecule has 3 aromatic rings. The van der Waals surface area contributed by atoms with E-state index >= 15 is 0 Å². The van der Waals surface area contributed by atoms with Crippen molar-refractivity contribution in [1.82, 2.24) is 4.90 Å². The van der Waals surface area contributed by atoms with Gasteiger partial charge in [0, 0.05) is 5.56 Å². The average molecular weight is 494 g/mol. The number of rotatable bonds is 7. The molecule has 0 saturated carbocycles. The predicted octanol–water partition coefficient (Wildman–Crippen LogP) is 6.88. The molecular weight excluding hydrogens is 474 g/mol. The molecule has 1 aliphatic heterocycles. The van der Waals surface area contributed by atoms with Gasteiger partial charge in [0.1, 0.15) is 23.8 Å². The summed E-state index contributed by atoms with van der Waals surface area (Å²) in [6, 6.07) is 19.2. The minimum Gasteiger partial charge on any atom is -0.507 e. The molecule has 1 heterocycles. The van der Waals surface area contributed by atoms with E-state index in [0.29, 0.717) is 27.7 Å². The number of halogens is 1. The second kappa shape index (κ2) is 10.5. The molecule has 1 saturated heterocycles. The van der Waals surface area contributed by atoms with Crippen LogP contribution in [0, 0.1) is 6.92 Å². The molecule has 0 bridgehead atoms. The lowest BCUT2D eigenvalue weighted by Crippen LogP contribution is -2.32. The Morgan fingerprint density at radius 2 is 1.82 bits per heavy atom. The number of aromatic hydroxyl groups is 1. The number of amides is 2. The summed E-state index contributed by atoms with van der Waals surface area (Å²) >= 11 is 6.90. The van der Waals surface area contributed by atoms with Gasteiger partial charge in [0.2, 0.25) is 0 Å². The fraction of sp³-hybridized carbons (Fsp3) is 0.120. The van der Waals surface area contributed by atoms with Crippen LogP contribution >= 0.6 is 23.4 Å². The normalized spacial score (nSPS) is 15.0. The molecule has 0 aliphatic carbocycles. The smallest absolute Gasteiger partial charge is 0.293 e. The summed E-state index contributed by atoms with van der Waals surface area (Å²) in [7, 11) is 0. The van der Waals surface area contributed by atoms with E-state index < -0.39 is 11.1 Å². The Bertz CT molecular complexity index is 1290. The highest BCUT2D eigenvalue weighted by Gasteiger charge is 2.35. The first-order chi connectivity index (χ1) is 16.4. The van der Waals surface area contributed by atoms with Crippen LogP contribution in [0.15, 0.2) is 81.9 Å². The molecule has 0 radical (unpaired) electrons. The summed E-state index contributed by atoms with van der Waals surface area (Å²) in [5.41, 5.74) is 2.42. The van der Waals surface area contributed by atoms with Gasteiger partial charge in [-0.2, -0.15) is 5.11 Å². The Hall–Kier alpha value is -3.62. The average Bonchev–Trinajstić information content (AvgIpc) is 3.09. The third-order valence-corrected chi connectivity index (χ3v) is 6.13. The molecular formula is C25H20ClN3O4S. The lowest BCUT2D eigenvalue weighted by Gasteiger charge is -2.13. The minimum atomic E-state index is -0.440. The number of aryl methyl sites for hydroxylation is 1. The standard InChI is InChI=1S/C25H20ClN3O4S/c1-16-6-9-19(10-7-16)33-13-12-29-24(31)23(34-25(29)32)15-17-14-18(8-11-22(17)30)27-28-21-5-3-2-4-20(21)26/h2-11,14-15,30H,12-13H2,1H3/b23-15-,28-27?. The lowest BCUT2D eigenvalue weighted by atomic mass is 10.1. The highest BCUT2D eigenvalue weighted by atomic mass is 35.5. The molecule has 1 aliphatic rings. The summed E-state index contributed by atoms with van der Waals surface area (Å²) < 4.78 is 5.63. The lowest BCUT2D eigenvalue weighted by molar-refractivity contribution is -0.123. The van der Waals surface area contributed by atoms with E-state index in [1.54, 1.807) is 36.4 Å². The molecule has 1 N–H and O–H groups in total. The van der Waals surface area contributed by atoms with Crippen molar-refractivity contribution in [3.8, 4) is 11.5 Å². The number of ether oxygens (including phenoxy) is 1. The number of nitrogens with zero attached hydrogens (tertiary/aromatic N) is 3. The van der Waals surface area contributed by atoms with Crippen LogP contribution in [-0.4, -0.2) is 34.3 Å². The Labute approximate surface area is 205 Å². The van der Waals surface area contributed by atoms with Crippen molar-refractivity contribution < 1.29 is 19.4 Å². The summed E-state index contributed by atoms with van der Waals surface area (Å²) in [6.07, 6.45) is 1.47. The second-order valence-electron chi connectivity index (χ2n) is 7.39. The molecule has 0 unspecified atom stereocenters. The molecule has 0 atom stereocenters. The Morgan fingerprint density at radius 3 is 2.59 bits per heavy atom. The first-order valence-electron chi connectivity index (χ1n) is 10.3. The van der Waals surface area contributed by atoms with Gasteiger partial charge < -0.3 is 9.84 Å². The van der Waals surface area contributed by atoms with Crippen LogP contribution in [0.4, 0.5) is 16.2 Å². The Morgan fingerprint density at radius 1 is 1.06 bits per heavy atom.